The molecule has 0 saturated carbocycles. The minimum atomic E-state index is 0.207. The highest BCUT2D eigenvalue weighted by Crippen LogP contribution is 2.30. The van der Waals surface area contributed by atoms with Crippen LogP contribution < -0.4 is 0 Å². The number of nitrogens with zero attached hydrogens (tertiary/aromatic N) is 4. The quantitative estimate of drug-likeness (QED) is 0.832. The monoisotopic (exact) mass is 320 g/mol. The van der Waals surface area contributed by atoms with Gasteiger partial charge in [0.1, 0.15) is 0 Å². The molecule has 1 aromatic heterocycles. The van der Waals surface area contributed by atoms with Crippen LogP contribution in [0.5, 0.6) is 0 Å². The highest BCUT2D eigenvalue weighted by atomic mass is 16.5. The Morgan fingerprint density at radius 1 is 1.26 bits per heavy atom. The van der Waals surface area contributed by atoms with E-state index in [1.54, 1.807) is 6.92 Å². The van der Waals surface area contributed by atoms with Gasteiger partial charge >= 0.3 is 0 Å². The molecule has 6 nitrogen and oxygen atoms in total. The summed E-state index contributed by atoms with van der Waals surface area (Å²) in [6.45, 7) is 8.68. The van der Waals surface area contributed by atoms with Crippen LogP contribution in [0.3, 0.4) is 0 Å². The predicted molar refractivity (Wildman–Crippen MR) is 86.7 cm³/mol. The van der Waals surface area contributed by atoms with Crippen LogP contribution in [0.25, 0.3) is 0 Å². The number of likely N-dealkylation sites (tertiary alicyclic amines) is 2. The lowest BCUT2D eigenvalue weighted by Crippen LogP contribution is -2.47. The number of amides is 1. The average molecular weight is 320 g/mol. The van der Waals surface area contributed by atoms with E-state index < -0.39 is 0 Å². The van der Waals surface area contributed by atoms with Gasteiger partial charge in [-0.1, -0.05) is 19.0 Å². The average Bonchev–Trinajstić information content (AvgIpc) is 3.18. The van der Waals surface area contributed by atoms with Gasteiger partial charge in [-0.3, -0.25) is 9.69 Å². The van der Waals surface area contributed by atoms with E-state index in [4.69, 9.17) is 4.52 Å². The second kappa shape index (κ2) is 6.99. The van der Waals surface area contributed by atoms with E-state index in [9.17, 15) is 4.79 Å². The zero-order valence-corrected chi connectivity index (χ0v) is 14.5. The third-order valence-electron chi connectivity index (χ3n) is 5.00. The smallest absolute Gasteiger partial charge is 0.226 e. The van der Waals surface area contributed by atoms with E-state index in [-0.39, 0.29) is 5.91 Å². The van der Waals surface area contributed by atoms with Crippen molar-refractivity contribution in [3.63, 3.8) is 0 Å². The highest BCUT2D eigenvalue weighted by molar-refractivity contribution is 5.74. The van der Waals surface area contributed by atoms with Crippen LogP contribution in [0.1, 0.15) is 58.2 Å². The van der Waals surface area contributed by atoms with Crippen LogP contribution in [0.15, 0.2) is 4.52 Å². The van der Waals surface area contributed by atoms with Gasteiger partial charge in [0.05, 0.1) is 6.54 Å². The zero-order valence-electron chi connectivity index (χ0n) is 14.5. The van der Waals surface area contributed by atoms with E-state index in [2.05, 4.69) is 33.8 Å². The van der Waals surface area contributed by atoms with Gasteiger partial charge in [0, 0.05) is 32.0 Å². The molecule has 2 saturated heterocycles. The molecule has 1 aromatic rings. The van der Waals surface area contributed by atoms with E-state index in [0.29, 0.717) is 18.0 Å². The Hall–Kier alpha value is -1.43. The fourth-order valence-corrected chi connectivity index (χ4v) is 4.04. The number of carbonyl (C=O) groups excluding carboxylic acids is 1. The van der Waals surface area contributed by atoms with E-state index in [0.717, 1.165) is 57.0 Å². The van der Waals surface area contributed by atoms with Crippen LogP contribution in [0, 0.1) is 5.92 Å². The molecule has 0 N–H and O–H groups in total. The Morgan fingerprint density at radius 3 is 2.74 bits per heavy atom. The molecule has 3 rings (SSSR count). The van der Waals surface area contributed by atoms with E-state index in [1.807, 2.05) is 0 Å². The van der Waals surface area contributed by atoms with E-state index >= 15 is 0 Å². The van der Waals surface area contributed by atoms with Crippen molar-refractivity contribution in [2.75, 3.05) is 13.1 Å². The molecule has 2 fully saturated rings. The highest BCUT2D eigenvalue weighted by Gasteiger charge is 2.39. The Bertz CT molecular complexity index is 542. The predicted octanol–water partition coefficient (Wildman–Crippen LogP) is 2.24. The van der Waals surface area contributed by atoms with Crippen molar-refractivity contribution in [3.05, 3.63) is 11.7 Å². The summed E-state index contributed by atoms with van der Waals surface area (Å²) >= 11 is 0. The topological polar surface area (TPSA) is 62.5 Å². The normalized spacial score (nSPS) is 25.7. The minimum absolute atomic E-state index is 0.207. The Kier molecular flexibility index (Phi) is 4.99. The van der Waals surface area contributed by atoms with E-state index in [1.165, 1.54) is 6.42 Å². The summed E-state index contributed by atoms with van der Waals surface area (Å²) in [4.78, 5) is 20.9. The van der Waals surface area contributed by atoms with Crippen molar-refractivity contribution in [2.24, 2.45) is 5.92 Å². The lowest BCUT2D eigenvalue weighted by Gasteiger charge is -2.34. The molecule has 3 heterocycles. The minimum Gasteiger partial charge on any atom is -0.339 e. The first-order valence-corrected chi connectivity index (χ1v) is 8.87. The van der Waals surface area contributed by atoms with Crippen LogP contribution in [0.2, 0.25) is 0 Å². The maximum Gasteiger partial charge on any atom is 0.226 e. The van der Waals surface area contributed by atoms with Crippen LogP contribution in [0.4, 0.5) is 0 Å². The lowest BCUT2D eigenvalue weighted by molar-refractivity contribution is -0.130. The SMILES string of the molecule is CC(=O)N1CCC[C@@H]1[C@@H]1CCCN1Cc1noc(CC(C)C)n1. The van der Waals surface area contributed by atoms with Crippen LogP contribution in [-0.2, 0) is 17.8 Å². The first-order valence-electron chi connectivity index (χ1n) is 8.87. The number of rotatable bonds is 5. The second-order valence-electron chi connectivity index (χ2n) is 7.30. The molecule has 0 unspecified atom stereocenters. The second-order valence-corrected chi connectivity index (χ2v) is 7.30. The largest absolute Gasteiger partial charge is 0.339 e. The van der Waals surface area contributed by atoms with Gasteiger partial charge < -0.3 is 9.42 Å². The molecule has 2 atom stereocenters. The first kappa shape index (κ1) is 16.4. The summed E-state index contributed by atoms with van der Waals surface area (Å²) in [5.74, 6) is 2.24. The van der Waals surface area contributed by atoms with Crippen molar-refractivity contribution < 1.29 is 9.32 Å². The molecule has 0 aliphatic carbocycles. The maximum absolute atomic E-state index is 11.9. The first-order chi connectivity index (χ1) is 11.0. The molecule has 0 bridgehead atoms. The van der Waals surface area contributed by atoms with Crippen molar-refractivity contribution in [1.82, 2.24) is 19.9 Å². The Balaban J connectivity index is 1.65. The lowest BCUT2D eigenvalue weighted by atomic mass is 10.0. The van der Waals surface area contributed by atoms with Crippen LogP contribution >= 0.6 is 0 Å². The fourth-order valence-electron chi connectivity index (χ4n) is 4.04. The van der Waals surface area contributed by atoms with Crippen molar-refractivity contribution in [2.45, 2.75) is 71.5 Å². The molecule has 6 heteroatoms. The molecule has 0 radical (unpaired) electrons. The summed E-state index contributed by atoms with van der Waals surface area (Å²) < 4.78 is 5.35. The number of aromatic nitrogens is 2. The van der Waals surface area contributed by atoms with Crippen molar-refractivity contribution >= 4 is 5.91 Å². The van der Waals surface area contributed by atoms with Gasteiger partial charge in [0.15, 0.2) is 5.82 Å². The van der Waals surface area contributed by atoms with Gasteiger partial charge in [0.25, 0.3) is 0 Å². The van der Waals surface area contributed by atoms with Gasteiger partial charge in [-0.15, -0.1) is 0 Å². The zero-order chi connectivity index (χ0) is 16.4. The Labute approximate surface area is 138 Å². The molecule has 1 amide bonds. The number of hydrogen-bond donors (Lipinski definition) is 0. The number of carbonyl (C=O) groups is 1. The molecule has 0 spiro atoms. The molecule has 2 aliphatic rings. The summed E-state index contributed by atoms with van der Waals surface area (Å²) in [6.07, 6.45) is 5.41. The van der Waals surface area contributed by atoms with Crippen molar-refractivity contribution in [3.8, 4) is 0 Å². The standard InChI is InChI=1S/C17H28N4O2/c1-12(2)10-17-18-16(19-23-17)11-20-8-4-6-14(20)15-7-5-9-21(15)13(3)22/h12,14-15H,4-11H2,1-3H3/t14-,15+/m0/s1. The maximum atomic E-state index is 11.9. The van der Waals surface area contributed by atoms with Gasteiger partial charge in [-0.2, -0.15) is 4.98 Å². The Morgan fingerprint density at radius 2 is 2.00 bits per heavy atom. The molecular weight excluding hydrogens is 292 g/mol. The van der Waals surface area contributed by atoms with Crippen molar-refractivity contribution in [1.29, 1.82) is 0 Å². The fraction of sp³-hybridized carbons (Fsp3) is 0.824. The molecule has 0 aromatic carbocycles. The third kappa shape index (κ3) is 3.74. The van der Waals surface area contributed by atoms with Gasteiger partial charge in [-0.25, -0.2) is 0 Å². The molecular formula is C17H28N4O2. The molecule has 23 heavy (non-hydrogen) atoms. The molecule has 2 aliphatic heterocycles. The van der Waals surface area contributed by atoms with Crippen LogP contribution in [-0.4, -0.2) is 51.0 Å². The number of hydrogen-bond acceptors (Lipinski definition) is 5. The third-order valence-corrected chi connectivity index (χ3v) is 5.00. The summed E-state index contributed by atoms with van der Waals surface area (Å²) in [6, 6.07) is 0.797. The summed E-state index contributed by atoms with van der Waals surface area (Å²) in [5.41, 5.74) is 0. The summed E-state index contributed by atoms with van der Waals surface area (Å²) in [5, 5.41) is 4.14. The van der Waals surface area contributed by atoms with Gasteiger partial charge in [0.2, 0.25) is 11.8 Å². The summed E-state index contributed by atoms with van der Waals surface area (Å²) in [7, 11) is 0. The van der Waals surface area contributed by atoms with Gasteiger partial charge in [-0.05, 0) is 38.1 Å². The molecule has 128 valence electrons.